The second kappa shape index (κ2) is 3.75. The molecular weight excluding hydrogens is 330 g/mol. The Balaban J connectivity index is 2.09. The summed E-state index contributed by atoms with van der Waals surface area (Å²) >= 11 is 3.22. The molecule has 6 heteroatoms. The number of amides is 1. The summed E-state index contributed by atoms with van der Waals surface area (Å²) in [5.41, 5.74) is -0.191. The highest BCUT2D eigenvalue weighted by Crippen LogP contribution is 2.70. The van der Waals surface area contributed by atoms with Crippen molar-refractivity contribution in [3.8, 4) is 0 Å². The topological polar surface area (TPSA) is 54.5 Å². The molecule has 1 saturated heterocycles. The van der Waals surface area contributed by atoms with E-state index in [0.717, 1.165) is 19.3 Å². The van der Waals surface area contributed by atoms with Gasteiger partial charge < -0.3 is 0 Å². The van der Waals surface area contributed by atoms with E-state index in [0.29, 0.717) is 5.92 Å². The van der Waals surface area contributed by atoms with Gasteiger partial charge >= 0.3 is 0 Å². The molecule has 4 nitrogen and oxygen atoms in total. The molecule has 0 radical (unpaired) electrons. The van der Waals surface area contributed by atoms with Gasteiger partial charge in [-0.2, -0.15) is 0 Å². The van der Waals surface area contributed by atoms with Crippen molar-refractivity contribution in [3.05, 3.63) is 0 Å². The van der Waals surface area contributed by atoms with Crippen LogP contribution in [0.5, 0.6) is 0 Å². The molecule has 1 aliphatic heterocycles. The molecular formula is C13H20BrNO3S. The van der Waals surface area contributed by atoms with Crippen LogP contribution in [0.2, 0.25) is 0 Å². The van der Waals surface area contributed by atoms with Crippen molar-refractivity contribution in [2.75, 3.05) is 5.75 Å². The molecule has 1 amide bonds. The van der Waals surface area contributed by atoms with E-state index in [-0.39, 0.29) is 28.5 Å². The average molecular weight is 350 g/mol. The molecule has 1 unspecified atom stereocenters. The average Bonchev–Trinajstić information content (AvgIpc) is 2.74. The SMILES string of the molecule is CC(Br)C(=O)N1[C@H]2C[C@@H]3CC[C@@]2(CS1(=O)=O)C3(C)C. The summed E-state index contributed by atoms with van der Waals surface area (Å²) in [4.78, 5) is 11.8. The van der Waals surface area contributed by atoms with Crippen LogP contribution in [0.4, 0.5) is 0 Å². The molecule has 2 bridgehead atoms. The van der Waals surface area contributed by atoms with E-state index < -0.39 is 14.9 Å². The van der Waals surface area contributed by atoms with E-state index >= 15 is 0 Å². The summed E-state index contributed by atoms with van der Waals surface area (Å²) in [7, 11) is -3.45. The highest BCUT2D eigenvalue weighted by molar-refractivity contribution is 9.10. The predicted octanol–water partition coefficient (Wildman–Crippen LogP) is 2.14. The Morgan fingerprint density at radius 1 is 1.42 bits per heavy atom. The fraction of sp³-hybridized carbons (Fsp3) is 0.923. The summed E-state index contributed by atoms with van der Waals surface area (Å²) in [6.45, 7) is 6.07. The maximum Gasteiger partial charge on any atom is 0.249 e. The number of halogens is 1. The Kier molecular flexibility index (Phi) is 2.74. The van der Waals surface area contributed by atoms with E-state index in [1.54, 1.807) is 6.92 Å². The Hall–Kier alpha value is -0.100. The van der Waals surface area contributed by atoms with Crippen LogP contribution in [0.15, 0.2) is 0 Å². The molecule has 1 heterocycles. The maximum atomic E-state index is 12.5. The summed E-state index contributed by atoms with van der Waals surface area (Å²) in [6.07, 6.45) is 2.89. The summed E-state index contributed by atoms with van der Waals surface area (Å²) in [5, 5.41) is 0. The molecule has 0 aromatic rings. The number of fused-ring (bicyclic) bond motifs is 1. The minimum Gasteiger partial charge on any atom is -0.273 e. The third-order valence-corrected chi connectivity index (χ3v) is 8.27. The minimum absolute atomic E-state index is 0.0231. The largest absolute Gasteiger partial charge is 0.273 e. The molecule has 4 atom stereocenters. The molecule has 0 N–H and O–H groups in total. The van der Waals surface area contributed by atoms with E-state index in [1.807, 2.05) is 0 Å². The Morgan fingerprint density at radius 2 is 2.05 bits per heavy atom. The first kappa shape index (κ1) is 13.9. The molecule has 0 aromatic heterocycles. The standard InChI is InChI=1S/C13H20BrNO3S/c1-8(14)11(16)15-10-6-9-4-5-13(10,12(9,2)3)7-19(15,17)18/h8-10H,4-7H2,1-3H3/t8?,9-,10-,13-/m0/s1. The first-order valence-corrected chi connectivity index (χ1v) is 9.36. The monoisotopic (exact) mass is 349 g/mol. The van der Waals surface area contributed by atoms with Gasteiger partial charge in [0.15, 0.2) is 0 Å². The first-order chi connectivity index (χ1) is 8.63. The Labute approximate surface area is 123 Å². The van der Waals surface area contributed by atoms with Crippen molar-refractivity contribution in [1.29, 1.82) is 0 Å². The maximum absolute atomic E-state index is 12.5. The Bertz CT molecular complexity index is 542. The normalized spacial score (nSPS) is 43.3. The fourth-order valence-corrected chi connectivity index (χ4v) is 7.72. The lowest BCUT2D eigenvalue weighted by Gasteiger charge is -2.37. The van der Waals surface area contributed by atoms with Crippen molar-refractivity contribution in [2.24, 2.45) is 16.7 Å². The van der Waals surface area contributed by atoms with Gasteiger partial charge in [0.1, 0.15) is 0 Å². The van der Waals surface area contributed by atoms with Crippen LogP contribution in [-0.4, -0.2) is 35.3 Å². The second-order valence-electron chi connectivity index (χ2n) is 6.87. The van der Waals surface area contributed by atoms with Gasteiger partial charge in [-0.05, 0) is 37.5 Å². The summed E-state index contributed by atoms with van der Waals surface area (Å²) < 4.78 is 26.2. The van der Waals surface area contributed by atoms with Crippen molar-refractivity contribution in [3.63, 3.8) is 0 Å². The van der Waals surface area contributed by atoms with Crippen molar-refractivity contribution < 1.29 is 13.2 Å². The van der Waals surface area contributed by atoms with Gasteiger partial charge in [-0.25, -0.2) is 12.7 Å². The minimum atomic E-state index is -3.45. The van der Waals surface area contributed by atoms with E-state index in [1.165, 1.54) is 4.31 Å². The van der Waals surface area contributed by atoms with E-state index in [4.69, 9.17) is 0 Å². The number of hydrogen-bond donors (Lipinski definition) is 0. The van der Waals surface area contributed by atoms with Gasteiger partial charge in [-0.15, -0.1) is 0 Å². The highest BCUT2D eigenvalue weighted by Gasteiger charge is 2.72. The lowest BCUT2D eigenvalue weighted by molar-refractivity contribution is -0.128. The zero-order chi connectivity index (χ0) is 14.2. The van der Waals surface area contributed by atoms with Crippen molar-refractivity contribution in [1.82, 2.24) is 4.31 Å². The fourth-order valence-electron chi connectivity index (χ4n) is 4.75. The lowest BCUT2D eigenvalue weighted by Crippen LogP contribution is -2.46. The summed E-state index contributed by atoms with van der Waals surface area (Å²) in [6, 6.07) is -0.112. The molecule has 2 saturated carbocycles. The van der Waals surface area contributed by atoms with Gasteiger partial charge in [-0.1, -0.05) is 29.8 Å². The predicted molar refractivity (Wildman–Crippen MR) is 76.4 cm³/mol. The van der Waals surface area contributed by atoms with Gasteiger partial charge in [0.25, 0.3) is 0 Å². The molecule has 19 heavy (non-hydrogen) atoms. The molecule has 2 aliphatic carbocycles. The summed E-state index contributed by atoms with van der Waals surface area (Å²) in [5.74, 6) is 0.402. The van der Waals surface area contributed by atoms with Gasteiger partial charge in [0.05, 0.1) is 16.6 Å². The van der Waals surface area contributed by atoms with Gasteiger partial charge in [0, 0.05) is 5.41 Å². The zero-order valence-electron chi connectivity index (χ0n) is 11.5. The number of carbonyl (C=O) groups is 1. The van der Waals surface area contributed by atoms with Crippen molar-refractivity contribution >= 4 is 31.9 Å². The van der Waals surface area contributed by atoms with Gasteiger partial charge in [0.2, 0.25) is 15.9 Å². The number of nitrogens with zero attached hydrogens (tertiary/aromatic N) is 1. The van der Waals surface area contributed by atoms with Crippen LogP contribution < -0.4 is 0 Å². The molecule has 3 rings (SSSR count). The second-order valence-corrected chi connectivity index (χ2v) is 10.1. The number of hydrogen-bond acceptors (Lipinski definition) is 3. The number of rotatable bonds is 1. The van der Waals surface area contributed by atoms with E-state index in [2.05, 4.69) is 29.8 Å². The Morgan fingerprint density at radius 3 is 2.58 bits per heavy atom. The van der Waals surface area contributed by atoms with E-state index in [9.17, 15) is 13.2 Å². The lowest BCUT2D eigenvalue weighted by atomic mass is 9.69. The first-order valence-electron chi connectivity index (χ1n) is 6.83. The van der Waals surface area contributed by atoms with Crippen molar-refractivity contribution in [2.45, 2.75) is 50.9 Å². The molecule has 3 aliphatic rings. The number of alkyl halides is 1. The molecule has 1 spiro atoms. The van der Waals surface area contributed by atoms with Crippen LogP contribution in [0, 0.1) is 16.7 Å². The molecule has 108 valence electrons. The van der Waals surface area contributed by atoms with Crippen LogP contribution in [0.1, 0.15) is 40.0 Å². The molecule has 0 aromatic carbocycles. The quantitative estimate of drug-likeness (QED) is 0.681. The van der Waals surface area contributed by atoms with Crippen LogP contribution >= 0.6 is 15.9 Å². The number of carbonyl (C=O) groups excluding carboxylic acids is 1. The molecule has 3 fully saturated rings. The highest BCUT2D eigenvalue weighted by atomic mass is 79.9. The third kappa shape index (κ3) is 1.50. The third-order valence-electron chi connectivity index (χ3n) is 5.97. The van der Waals surface area contributed by atoms with Crippen LogP contribution in [0.25, 0.3) is 0 Å². The number of sulfonamides is 1. The smallest absolute Gasteiger partial charge is 0.249 e. The zero-order valence-corrected chi connectivity index (χ0v) is 13.9. The van der Waals surface area contributed by atoms with Gasteiger partial charge in [-0.3, -0.25) is 4.79 Å². The van der Waals surface area contributed by atoms with Crippen LogP contribution in [-0.2, 0) is 14.8 Å². The van der Waals surface area contributed by atoms with Crippen LogP contribution in [0.3, 0.4) is 0 Å².